The van der Waals surface area contributed by atoms with E-state index in [-0.39, 0.29) is 11.9 Å². The zero-order chi connectivity index (χ0) is 10.8. The van der Waals surface area contributed by atoms with E-state index in [9.17, 15) is 4.79 Å². The minimum atomic E-state index is -0.533. The van der Waals surface area contributed by atoms with Gasteiger partial charge in [0.2, 0.25) is 0 Å². The van der Waals surface area contributed by atoms with Crippen LogP contribution in [0, 0.1) is 0 Å². The first-order valence-corrected chi connectivity index (χ1v) is 4.68. The van der Waals surface area contributed by atoms with Crippen molar-refractivity contribution in [1.82, 2.24) is 10.6 Å². The van der Waals surface area contributed by atoms with Crippen LogP contribution in [0.2, 0.25) is 0 Å². The van der Waals surface area contributed by atoms with Gasteiger partial charge in [0.15, 0.2) is 5.96 Å². The van der Waals surface area contributed by atoms with Crippen molar-refractivity contribution >= 4 is 11.9 Å². The molecule has 1 amide bonds. The summed E-state index contributed by atoms with van der Waals surface area (Å²) in [6, 6.07) is -0.377. The summed E-state index contributed by atoms with van der Waals surface area (Å²) in [7, 11) is 1.59. The second-order valence-electron chi connectivity index (χ2n) is 3.70. The van der Waals surface area contributed by atoms with E-state index < -0.39 is 5.60 Å². The van der Waals surface area contributed by atoms with Crippen molar-refractivity contribution in [2.45, 2.75) is 32.4 Å². The van der Waals surface area contributed by atoms with Crippen molar-refractivity contribution in [1.29, 1.82) is 0 Å². The number of aliphatic imine (C=N–C) groups is 1. The molecule has 0 spiro atoms. The van der Waals surface area contributed by atoms with Crippen LogP contribution in [-0.4, -0.2) is 37.2 Å². The second kappa shape index (κ2) is 3.96. The van der Waals surface area contributed by atoms with Gasteiger partial charge in [-0.15, -0.1) is 0 Å². The Morgan fingerprint density at radius 3 is 2.71 bits per heavy atom. The predicted molar refractivity (Wildman–Crippen MR) is 54.1 cm³/mol. The topological polar surface area (TPSA) is 62.7 Å². The Kier molecular flexibility index (Phi) is 3.10. The molecular weight excluding hydrogens is 182 g/mol. The van der Waals surface area contributed by atoms with Crippen LogP contribution in [0.3, 0.4) is 0 Å². The number of methoxy groups -OCH3 is 1. The number of ether oxygens (including phenoxy) is 1. The summed E-state index contributed by atoms with van der Waals surface area (Å²) >= 11 is 0. The van der Waals surface area contributed by atoms with Crippen molar-refractivity contribution in [2.24, 2.45) is 4.99 Å². The third-order valence-corrected chi connectivity index (χ3v) is 2.32. The highest BCUT2D eigenvalue weighted by atomic mass is 16.5. The quantitative estimate of drug-likeness (QED) is 0.666. The van der Waals surface area contributed by atoms with E-state index in [1.54, 1.807) is 7.11 Å². The van der Waals surface area contributed by atoms with Crippen molar-refractivity contribution in [2.75, 3.05) is 13.7 Å². The lowest BCUT2D eigenvalue weighted by Gasteiger charge is -2.27. The summed E-state index contributed by atoms with van der Waals surface area (Å²) in [4.78, 5) is 15.6. The maximum atomic E-state index is 11.5. The van der Waals surface area contributed by atoms with E-state index in [1.807, 2.05) is 20.8 Å². The number of guanidine groups is 1. The molecular formula is C9H17N3O2. The van der Waals surface area contributed by atoms with Gasteiger partial charge in [0.05, 0.1) is 5.60 Å². The predicted octanol–water partition coefficient (Wildman–Crippen LogP) is -0.125. The Balaban J connectivity index is 2.75. The lowest BCUT2D eigenvalue weighted by Crippen LogP contribution is -2.49. The molecule has 1 atom stereocenters. The van der Waals surface area contributed by atoms with E-state index in [0.29, 0.717) is 12.5 Å². The molecule has 1 rings (SSSR count). The number of carbonyl (C=O) groups is 1. The molecule has 0 bridgehead atoms. The summed E-state index contributed by atoms with van der Waals surface area (Å²) < 4.78 is 5.24. The molecule has 0 aromatic carbocycles. The fourth-order valence-corrected chi connectivity index (χ4v) is 1.28. The lowest BCUT2D eigenvalue weighted by atomic mass is 9.99. The van der Waals surface area contributed by atoms with Crippen LogP contribution in [0.4, 0.5) is 0 Å². The third kappa shape index (κ3) is 2.04. The number of rotatable bonds is 3. The Morgan fingerprint density at radius 2 is 2.21 bits per heavy atom. The molecule has 14 heavy (non-hydrogen) atoms. The van der Waals surface area contributed by atoms with Crippen molar-refractivity contribution < 1.29 is 9.53 Å². The molecule has 0 aromatic rings. The minimum absolute atomic E-state index is 0.0935. The van der Waals surface area contributed by atoms with E-state index in [4.69, 9.17) is 4.74 Å². The van der Waals surface area contributed by atoms with Crippen LogP contribution in [0.25, 0.3) is 0 Å². The molecule has 1 fully saturated rings. The molecule has 1 aliphatic rings. The molecule has 5 heteroatoms. The van der Waals surface area contributed by atoms with Gasteiger partial charge < -0.3 is 10.1 Å². The van der Waals surface area contributed by atoms with Gasteiger partial charge in [0.25, 0.3) is 5.91 Å². The summed E-state index contributed by atoms with van der Waals surface area (Å²) in [5.74, 6) is 0.441. The van der Waals surface area contributed by atoms with Gasteiger partial charge in [-0.05, 0) is 20.8 Å². The first-order chi connectivity index (χ1) is 6.51. The van der Waals surface area contributed by atoms with Crippen LogP contribution >= 0.6 is 0 Å². The Bertz CT molecular complexity index is 261. The van der Waals surface area contributed by atoms with E-state index in [0.717, 1.165) is 0 Å². The highest BCUT2D eigenvalue weighted by molar-refractivity contribution is 6.07. The number of carbonyl (C=O) groups excluding carboxylic acids is 1. The van der Waals surface area contributed by atoms with E-state index in [2.05, 4.69) is 15.6 Å². The summed E-state index contributed by atoms with van der Waals surface area (Å²) in [5.41, 5.74) is -0.533. The average molecular weight is 199 g/mol. The first kappa shape index (κ1) is 11.0. The van der Waals surface area contributed by atoms with Crippen LogP contribution in [0.5, 0.6) is 0 Å². The summed E-state index contributed by atoms with van der Waals surface area (Å²) in [6.07, 6.45) is 0. The fraction of sp³-hybridized carbons (Fsp3) is 0.778. The SMILES string of the molecule is CCN=C1NC(=O)C(C(C)(C)OC)N1. The van der Waals surface area contributed by atoms with Gasteiger partial charge in [-0.25, -0.2) is 0 Å². The Morgan fingerprint density at radius 1 is 1.57 bits per heavy atom. The molecule has 0 aromatic heterocycles. The third-order valence-electron chi connectivity index (χ3n) is 2.32. The van der Waals surface area contributed by atoms with Crippen molar-refractivity contribution in [3.05, 3.63) is 0 Å². The zero-order valence-corrected chi connectivity index (χ0v) is 9.05. The van der Waals surface area contributed by atoms with Gasteiger partial charge >= 0.3 is 0 Å². The molecule has 0 radical (unpaired) electrons. The molecule has 0 saturated carbocycles. The fourth-order valence-electron chi connectivity index (χ4n) is 1.28. The van der Waals surface area contributed by atoms with Crippen LogP contribution < -0.4 is 10.6 Å². The minimum Gasteiger partial charge on any atom is -0.376 e. The highest BCUT2D eigenvalue weighted by Crippen LogP contribution is 2.16. The second-order valence-corrected chi connectivity index (χ2v) is 3.70. The van der Waals surface area contributed by atoms with Crippen molar-refractivity contribution in [3.8, 4) is 0 Å². The molecule has 80 valence electrons. The molecule has 1 unspecified atom stereocenters. The highest BCUT2D eigenvalue weighted by Gasteiger charge is 2.40. The van der Waals surface area contributed by atoms with Gasteiger partial charge in [-0.3, -0.25) is 15.1 Å². The van der Waals surface area contributed by atoms with Crippen LogP contribution in [-0.2, 0) is 9.53 Å². The van der Waals surface area contributed by atoms with Gasteiger partial charge in [0.1, 0.15) is 6.04 Å². The average Bonchev–Trinajstić information content (AvgIpc) is 2.48. The standard InChI is InChI=1S/C9H17N3O2/c1-5-10-8-11-6(7(13)12-8)9(2,3)14-4/h6H,5H2,1-4H3,(H2,10,11,12,13). The van der Waals surface area contributed by atoms with Crippen LogP contribution in [0.15, 0.2) is 4.99 Å². The summed E-state index contributed by atoms with van der Waals surface area (Å²) in [6.45, 7) is 6.27. The van der Waals surface area contributed by atoms with Gasteiger partial charge in [-0.1, -0.05) is 0 Å². The molecule has 1 aliphatic heterocycles. The Labute approximate surface area is 83.9 Å². The Hall–Kier alpha value is -1.10. The van der Waals surface area contributed by atoms with E-state index >= 15 is 0 Å². The normalized spacial score (nSPS) is 25.0. The largest absolute Gasteiger partial charge is 0.376 e. The molecule has 2 N–H and O–H groups in total. The smallest absolute Gasteiger partial charge is 0.252 e. The van der Waals surface area contributed by atoms with Gasteiger partial charge in [0, 0.05) is 13.7 Å². The number of amides is 1. The summed E-state index contributed by atoms with van der Waals surface area (Å²) in [5, 5.41) is 5.66. The zero-order valence-electron chi connectivity index (χ0n) is 9.05. The number of hydrogen-bond donors (Lipinski definition) is 2. The lowest BCUT2D eigenvalue weighted by molar-refractivity contribution is -0.126. The number of nitrogens with one attached hydrogen (secondary N) is 2. The number of hydrogen-bond acceptors (Lipinski definition) is 3. The van der Waals surface area contributed by atoms with Crippen LogP contribution in [0.1, 0.15) is 20.8 Å². The number of nitrogens with zero attached hydrogens (tertiary/aromatic N) is 1. The monoisotopic (exact) mass is 199 g/mol. The van der Waals surface area contributed by atoms with Crippen molar-refractivity contribution in [3.63, 3.8) is 0 Å². The molecule has 5 nitrogen and oxygen atoms in total. The van der Waals surface area contributed by atoms with Gasteiger partial charge in [-0.2, -0.15) is 0 Å². The maximum Gasteiger partial charge on any atom is 0.252 e. The molecule has 0 aliphatic carbocycles. The maximum absolute atomic E-state index is 11.5. The first-order valence-electron chi connectivity index (χ1n) is 4.68. The molecule has 1 heterocycles. The van der Waals surface area contributed by atoms with E-state index in [1.165, 1.54) is 0 Å². The molecule has 1 saturated heterocycles.